The molecular weight excluding hydrogens is 232 g/mol. The smallest absolute Gasteiger partial charge is 0.0426 e. The van der Waals surface area contributed by atoms with Crippen LogP contribution in [0.5, 0.6) is 0 Å². The van der Waals surface area contributed by atoms with Gasteiger partial charge in [-0.05, 0) is 50.5 Å². The van der Waals surface area contributed by atoms with Crippen molar-refractivity contribution in [1.82, 2.24) is 10.3 Å². The van der Waals surface area contributed by atoms with Gasteiger partial charge in [0.05, 0.1) is 0 Å². The van der Waals surface area contributed by atoms with Crippen molar-refractivity contribution in [2.24, 2.45) is 0 Å². The highest BCUT2D eigenvalue weighted by Gasteiger charge is 2.12. The Hall–Kier alpha value is -1.67. The van der Waals surface area contributed by atoms with Crippen LogP contribution in [0.3, 0.4) is 0 Å². The summed E-state index contributed by atoms with van der Waals surface area (Å²) >= 11 is 0. The Labute approximate surface area is 115 Å². The number of pyridine rings is 1. The summed E-state index contributed by atoms with van der Waals surface area (Å²) < 4.78 is 0. The Morgan fingerprint density at radius 2 is 1.79 bits per heavy atom. The highest BCUT2D eigenvalue weighted by Crippen LogP contribution is 2.21. The Bertz CT molecular complexity index is 523. The van der Waals surface area contributed by atoms with E-state index in [-0.39, 0.29) is 0 Å². The van der Waals surface area contributed by atoms with Gasteiger partial charge in [0.1, 0.15) is 0 Å². The minimum absolute atomic E-state index is 0.313. The van der Waals surface area contributed by atoms with Crippen molar-refractivity contribution >= 4 is 0 Å². The molecule has 0 amide bonds. The summed E-state index contributed by atoms with van der Waals surface area (Å²) in [5, 5.41) is 3.58. The molecule has 2 nitrogen and oxygen atoms in total. The zero-order chi connectivity index (χ0) is 13.8. The lowest BCUT2D eigenvalue weighted by Crippen LogP contribution is -2.20. The van der Waals surface area contributed by atoms with Crippen LogP contribution in [0.25, 0.3) is 0 Å². The van der Waals surface area contributed by atoms with E-state index in [4.69, 9.17) is 0 Å². The summed E-state index contributed by atoms with van der Waals surface area (Å²) in [6.07, 6.45) is 0. The molecule has 19 heavy (non-hydrogen) atoms. The fourth-order valence-electron chi connectivity index (χ4n) is 2.66. The summed E-state index contributed by atoms with van der Waals surface area (Å²) in [6, 6.07) is 13.0. The van der Waals surface area contributed by atoms with Gasteiger partial charge in [0, 0.05) is 24.0 Å². The SMILES string of the molecule is Cc1cc(C)c(C(C)NCc2ccccc2)c(C)n1. The van der Waals surface area contributed by atoms with Gasteiger partial charge < -0.3 is 5.32 Å². The molecule has 2 heteroatoms. The van der Waals surface area contributed by atoms with Gasteiger partial charge in [-0.1, -0.05) is 30.3 Å². The van der Waals surface area contributed by atoms with E-state index in [0.29, 0.717) is 6.04 Å². The molecule has 0 saturated heterocycles. The van der Waals surface area contributed by atoms with E-state index < -0.39 is 0 Å². The lowest BCUT2D eigenvalue weighted by Gasteiger charge is -2.19. The molecule has 1 aromatic heterocycles. The molecule has 0 bridgehead atoms. The molecular formula is C17H22N2. The third-order valence-corrected chi connectivity index (χ3v) is 3.47. The molecule has 0 aliphatic carbocycles. The van der Waals surface area contributed by atoms with Crippen molar-refractivity contribution in [2.75, 3.05) is 0 Å². The number of aryl methyl sites for hydroxylation is 3. The Morgan fingerprint density at radius 3 is 2.42 bits per heavy atom. The lowest BCUT2D eigenvalue weighted by atomic mass is 10.00. The van der Waals surface area contributed by atoms with Gasteiger partial charge in [-0.15, -0.1) is 0 Å². The number of aromatic nitrogens is 1. The summed E-state index contributed by atoms with van der Waals surface area (Å²) in [4.78, 5) is 4.57. The van der Waals surface area contributed by atoms with Crippen LogP contribution < -0.4 is 5.32 Å². The van der Waals surface area contributed by atoms with Crippen molar-refractivity contribution in [3.8, 4) is 0 Å². The lowest BCUT2D eigenvalue weighted by molar-refractivity contribution is 0.567. The Kier molecular flexibility index (Phi) is 4.33. The fourth-order valence-corrected chi connectivity index (χ4v) is 2.66. The molecule has 1 atom stereocenters. The predicted octanol–water partition coefficient (Wildman–Crippen LogP) is 3.86. The largest absolute Gasteiger partial charge is 0.306 e. The minimum Gasteiger partial charge on any atom is -0.306 e. The van der Waals surface area contributed by atoms with Crippen LogP contribution in [0, 0.1) is 20.8 Å². The van der Waals surface area contributed by atoms with Gasteiger partial charge in [0.2, 0.25) is 0 Å². The second-order valence-corrected chi connectivity index (χ2v) is 5.17. The van der Waals surface area contributed by atoms with Gasteiger partial charge in [-0.3, -0.25) is 4.98 Å². The number of hydrogen-bond donors (Lipinski definition) is 1. The zero-order valence-corrected chi connectivity index (χ0v) is 12.2. The monoisotopic (exact) mass is 254 g/mol. The molecule has 1 unspecified atom stereocenters. The molecule has 100 valence electrons. The topological polar surface area (TPSA) is 24.9 Å². The highest BCUT2D eigenvalue weighted by molar-refractivity contribution is 5.33. The van der Waals surface area contributed by atoms with Crippen molar-refractivity contribution < 1.29 is 0 Å². The van der Waals surface area contributed by atoms with E-state index in [2.05, 4.69) is 61.4 Å². The van der Waals surface area contributed by atoms with Crippen LogP contribution in [-0.2, 0) is 6.54 Å². The fraction of sp³-hybridized carbons (Fsp3) is 0.353. The Morgan fingerprint density at radius 1 is 1.11 bits per heavy atom. The van der Waals surface area contributed by atoms with Crippen molar-refractivity contribution in [1.29, 1.82) is 0 Å². The number of hydrogen-bond acceptors (Lipinski definition) is 2. The van der Waals surface area contributed by atoms with E-state index in [9.17, 15) is 0 Å². The maximum atomic E-state index is 4.57. The second-order valence-electron chi connectivity index (χ2n) is 5.17. The van der Waals surface area contributed by atoms with Gasteiger partial charge >= 0.3 is 0 Å². The first kappa shape index (κ1) is 13.8. The molecule has 0 radical (unpaired) electrons. The molecule has 1 N–H and O–H groups in total. The standard InChI is InChI=1S/C17H22N2/c1-12-10-13(2)19-15(4)17(12)14(3)18-11-16-8-6-5-7-9-16/h5-10,14,18H,11H2,1-4H3. The van der Waals surface area contributed by atoms with E-state index >= 15 is 0 Å². The Balaban J connectivity index is 2.10. The van der Waals surface area contributed by atoms with E-state index in [0.717, 1.165) is 17.9 Å². The molecule has 0 saturated carbocycles. The number of nitrogens with one attached hydrogen (secondary N) is 1. The van der Waals surface area contributed by atoms with Crippen molar-refractivity contribution in [3.05, 3.63) is 64.5 Å². The molecule has 0 spiro atoms. The predicted molar refractivity (Wildman–Crippen MR) is 80.1 cm³/mol. The molecule has 2 rings (SSSR count). The third kappa shape index (κ3) is 3.42. The average Bonchev–Trinajstić information content (AvgIpc) is 2.36. The average molecular weight is 254 g/mol. The summed E-state index contributed by atoms with van der Waals surface area (Å²) in [6.45, 7) is 9.39. The first-order chi connectivity index (χ1) is 9.08. The number of nitrogens with zero attached hydrogens (tertiary/aromatic N) is 1. The quantitative estimate of drug-likeness (QED) is 0.896. The summed E-state index contributed by atoms with van der Waals surface area (Å²) in [5.41, 5.74) is 6.17. The van der Waals surface area contributed by atoms with Crippen LogP contribution in [0.4, 0.5) is 0 Å². The van der Waals surface area contributed by atoms with E-state index in [1.54, 1.807) is 0 Å². The highest BCUT2D eigenvalue weighted by atomic mass is 14.9. The van der Waals surface area contributed by atoms with Crippen molar-refractivity contribution in [3.63, 3.8) is 0 Å². The molecule has 0 aliphatic rings. The summed E-state index contributed by atoms with van der Waals surface area (Å²) in [5.74, 6) is 0. The van der Waals surface area contributed by atoms with E-state index in [1.807, 2.05) is 13.0 Å². The third-order valence-electron chi connectivity index (χ3n) is 3.47. The van der Waals surface area contributed by atoms with E-state index in [1.165, 1.54) is 16.7 Å². The zero-order valence-electron chi connectivity index (χ0n) is 12.2. The molecule has 2 aromatic rings. The first-order valence-electron chi connectivity index (χ1n) is 6.80. The molecule has 0 fully saturated rings. The van der Waals surface area contributed by atoms with Gasteiger partial charge in [0.15, 0.2) is 0 Å². The van der Waals surface area contributed by atoms with Crippen LogP contribution in [0.2, 0.25) is 0 Å². The summed E-state index contributed by atoms with van der Waals surface area (Å²) in [7, 11) is 0. The maximum absolute atomic E-state index is 4.57. The normalized spacial score (nSPS) is 12.4. The van der Waals surface area contributed by atoms with Crippen LogP contribution in [0.1, 0.15) is 41.0 Å². The molecule has 1 aromatic carbocycles. The van der Waals surface area contributed by atoms with Crippen molar-refractivity contribution in [2.45, 2.75) is 40.3 Å². The van der Waals surface area contributed by atoms with Crippen LogP contribution in [0.15, 0.2) is 36.4 Å². The van der Waals surface area contributed by atoms with Gasteiger partial charge in [-0.2, -0.15) is 0 Å². The van der Waals surface area contributed by atoms with Gasteiger partial charge in [-0.25, -0.2) is 0 Å². The number of benzene rings is 1. The molecule has 0 aliphatic heterocycles. The first-order valence-corrected chi connectivity index (χ1v) is 6.80. The number of rotatable bonds is 4. The minimum atomic E-state index is 0.313. The second kappa shape index (κ2) is 5.98. The van der Waals surface area contributed by atoms with Crippen LogP contribution >= 0.6 is 0 Å². The maximum Gasteiger partial charge on any atom is 0.0426 e. The van der Waals surface area contributed by atoms with Crippen LogP contribution in [-0.4, -0.2) is 4.98 Å². The molecule has 1 heterocycles. The van der Waals surface area contributed by atoms with Gasteiger partial charge in [0.25, 0.3) is 0 Å².